The maximum absolute atomic E-state index is 11.6. The summed E-state index contributed by atoms with van der Waals surface area (Å²) in [5, 5.41) is 22.0. The van der Waals surface area contributed by atoms with Gasteiger partial charge in [-0.05, 0) is 0 Å². The summed E-state index contributed by atoms with van der Waals surface area (Å²) < 4.78 is -0.479. The number of aliphatic hydroxyl groups is 2. The van der Waals surface area contributed by atoms with Crippen LogP contribution in [0.25, 0.3) is 12.2 Å². The predicted octanol–water partition coefficient (Wildman–Crippen LogP) is 9.15. The van der Waals surface area contributed by atoms with Crippen LogP contribution in [0.15, 0.2) is 33.7 Å². The van der Waals surface area contributed by atoms with E-state index < -0.39 is 26.6 Å². The van der Waals surface area contributed by atoms with Gasteiger partial charge < -0.3 is 0 Å². The van der Waals surface area contributed by atoms with Crippen molar-refractivity contribution in [2.24, 2.45) is 0 Å². The third-order valence-corrected chi connectivity index (χ3v) is 37.1. The molecule has 2 atom stereocenters. The SMILES string of the molecule is CC(C)c1ccc(C(C)C)c2c1C=[C]([Hf]([Cl])([Cl])([CH](O)CO)[CH]1C=Cc3c(C(C)C)ccc(C(C)C)c31)C2. The molecule has 0 saturated heterocycles. The molecular weight excluding hydrogens is 666 g/mol. The molecule has 2 N–H and O–H groups in total. The molecule has 0 aromatic heterocycles. The van der Waals surface area contributed by atoms with Crippen molar-refractivity contribution in [3.63, 3.8) is 0 Å². The molecule has 5 heteroatoms. The Morgan fingerprint density at radius 2 is 1.27 bits per heavy atom. The first-order valence-corrected chi connectivity index (χ1v) is 28.7. The Kier molecular flexibility index (Phi) is 8.20. The van der Waals surface area contributed by atoms with Crippen LogP contribution in [0.3, 0.4) is 0 Å². The van der Waals surface area contributed by atoms with Crippen LogP contribution in [0.2, 0.25) is 0 Å². The van der Waals surface area contributed by atoms with Crippen molar-refractivity contribution < 1.29 is 26.3 Å². The van der Waals surface area contributed by atoms with E-state index in [1.165, 1.54) is 44.5 Å². The van der Waals surface area contributed by atoms with Crippen LogP contribution >= 0.6 is 17.2 Å². The summed E-state index contributed by atoms with van der Waals surface area (Å²) in [4.78, 5) is 0. The fraction of sp³-hybridized carbons (Fsp3) is 0.500. The minimum absolute atomic E-state index is 0.285. The van der Waals surface area contributed by atoms with Crippen LogP contribution in [0.4, 0.5) is 0 Å². The molecule has 2 aliphatic rings. The molecule has 4 rings (SSSR count). The first kappa shape index (κ1) is 29.3. The molecule has 2 aromatic carbocycles. The molecule has 0 fully saturated rings. The van der Waals surface area contributed by atoms with E-state index in [4.69, 9.17) is 17.2 Å². The Balaban J connectivity index is 1.99. The van der Waals surface area contributed by atoms with Crippen molar-refractivity contribution in [2.75, 3.05) is 6.61 Å². The second-order valence-electron chi connectivity index (χ2n) is 12.4. The van der Waals surface area contributed by atoms with Crippen LogP contribution in [0, 0.1) is 0 Å². The molecule has 0 spiro atoms. The second-order valence-corrected chi connectivity index (χ2v) is 42.5. The number of allylic oxidation sites excluding steroid dienone is 2. The van der Waals surface area contributed by atoms with Crippen molar-refractivity contribution in [3.8, 4) is 0 Å². The molecule has 0 aliphatic heterocycles. The zero-order valence-electron chi connectivity index (χ0n) is 23.6. The molecule has 2 aliphatic carbocycles. The van der Waals surface area contributed by atoms with Gasteiger partial charge in [0.2, 0.25) is 0 Å². The van der Waals surface area contributed by atoms with E-state index in [2.05, 4.69) is 97.9 Å². The van der Waals surface area contributed by atoms with Gasteiger partial charge >= 0.3 is 233 Å². The van der Waals surface area contributed by atoms with Gasteiger partial charge in [-0.25, -0.2) is 0 Å². The van der Waals surface area contributed by atoms with E-state index >= 15 is 0 Å². The molecule has 0 bridgehead atoms. The molecule has 2 aromatic rings. The van der Waals surface area contributed by atoms with E-state index in [9.17, 15) is 10.2 Å². The van der Waals surface area contributed by atoms with Gasteiger partial charge in [-0.3, -0.25) is 0 Å². The molecule has 0 heterocycles. The van der Waals surface area contributed by atoms with E-state index in [0.717, 1.165) is 3.33 Å². The topological polar surface area (TPSA) is 40.5 Å². The summed E-state index contributed by atoms with van der Waals surface area (Å²) in [6.45, 7) is 17.2. The predicted molar refractivity (Wildman–Crippen MR) is 157 cm³/mol. The maximum atomic E-state index is 11.6. The average Bonchev–Trinajstić information content (AvgIpc) is 3.48. The quantitative estimate of drug-likeness (QED) is 0.269. The fourth-order valence-electron chi connectivity index (χ4n) is 6.56. The normalized spacial score (nSPS) is 19.0. The van der Waals surface area contributed by atoms with Gasteiger partial charge in [-0.15, -0.1) is 0 Å². The van der Waals surface area contributed by atoms with Crippen molar-refractivity contribution >= 4 is 29.3 Å². The number of hydrogen-bond donors (Lipinski definition) is 2. The number of fused-ring (bicyclic) bond motifs is 2. The van der Waals surface area contributed by atoms with Crippen molar-refractivity contribution in [1.82, 2.24) is 0 Å². The summed E-state index contributed by atoms with van der Waals surface area (Å²) in [5.74, 6) is 1.36. The Morgan fingerprint density at radius 1 is 0.784 bits per heavy atom. The minimum atomic E-state index is -5.54. The Bertz CT molecular complexity index is 1270. The number of rotatable bonds is 8. The molecule has 37 heavy (non-hydrogen) atoms. The van der Waals surface area contributed by atoms with Crippen LogP contribution in [-0.2, 0) is 22.6 Å². The van der Waals surface area contributed by atoms with Crippen molar-refractivity contribution in [2.45, 2.75) is 93.0 Å². The molecule has 0 saturated carbocycles. The first-order valence-electron chi connectivity index (χ1n) is 13.8. The summed E-state index contributed by atoms with van der Waals surface area (Å²) >= 11 is -5.54. The Hall–Kier alpha value is -0.710. The average molecular weight is 709 g/mol. The van der Waals surface area contributed by atoms with Crippen molar-refractivity contribution in [3.05, 3.63) is 78.2 Å². The summed E-state index contributed by atoms with van der Waals surface area (Å²) in [7, 11) is 15.8. The number of aliphatic hydroxyl groups excluding tert-OH is 2. The van der Waals surface area contributed by atoms with E-state index in [1.54, 1.807) is 0 Å². The number of benzene rings is 2. The third kappa shape index (κ3) is 4.59. The van der Waals surface area contributed by atoms with Crippen LogP contribution in [-0.4, -0.2) is 20.7 Å². The summed E-state index contributed by atoms with van der Waals surface area (Å²) in [6, 6.07) is 8.95. The molecule has 0 radical (unpaired) electrons. The molecule has 0 amide bonds. The van der Waals surface area contributed by atoms with E-state index in [0.29, 0.717) is 24.2 Å². The molecular formula is C32H43Cl2HfO2. The van der Waals surface area contributed by atoms with Crippen LogP contribution in [0.5, 0.6) is 0 Å². The monoisotopic (exact) mass is 709 g/mol. The Morgan fingerprint density at radius 3 is 1.78 bits per heavy atom. The zero-order chi connectivity index (χ0) is 27.5. The summed E-state index contributed by atoms with van der Waals surface area (Å²) in [6.07, 6.45) is 7.17. The van der Waals surface area contributed by atoms with Crippen LogP contribution in [0.1, 0.15) is 127 Å². The van der Waals surface area contributed by atoms with Gasteiger partial charge in [-0.2, -0.15) is 0 Å². The van der Waals surface area contributed by atoms with Gasteiger partial charge in [0, 0.05) is 0 Å². The van der Waals surface area contributed by atoms with Gasteiger partial charge in [-0.1, -0.05) is 0 Å². The molecule has 2 nitrogen and oxygen atoms in total. The molecule has 2 unspecified atom stereocenters. The first-order chi connectivity index (χ1) is 17.2. The van der Waals surface area contributed by atoms with Gasteiger partial charge in [0.15, 0.2) is 0 Å². The second kappa shape index (κ2) is 10.4. The van der Waals surface area contributed by atoms with Gasteiger partial charge in [0.05, 0.1) is 0 Å². The Labute approximate surface area is 232 Å². The van der Waals surface area contributed by atoms with Crippen molar-refractivity contribution in [1.29, 1.82) is 0 Å². The van der Waals surface area contributed by atoms with E-state index in [1.807, 2.05) is 0 Å². The van der Waals surface area contributed by atoms with Crippen LogP contribution < -0.4 is 0 Å². The molecule has 201 valence electrons. The third-order valence-electron chi connectivity index (χ3n) is 8.69. The standard InChI is InChI=1S/2C15H19.C2H5O2.2ClH.Hf/c2*1-10(2)12-8-9-13(11(3)4)15-7-5-6-14(12)15;3-1-2-4;;;/h6,8-11H,7H2,1-4H3;5-11H,1-4H3;1,3-4H,2H2;2*1H;/q;;;;;+2/p-2. The van der Waals surface area contributed by atoms with Gasteiger partial charge in [0.1, 0.15) is 0 Å². The summed E-state index contributed by atoms with van der Waals surface area (Å²) in [5.41, 5.74) is 9.96. The zero-order valence-corrected chi connectivity index (χ0v) is 28.7. The van der Waals surface area contributed by atoms with Gasteiger partial charge in [0.25, 0.3) is 0 Å². The van der Waals surface area contributed by atoms with E-state index in [-0.39, 0.29) is 9.59 Å². The fourth-order valence-corrected chi connectivity index (χ4v) is 26.4. The number of hydrogen-bond acceptors (Lipinski definition) is 2. The number of halogens is 2.